The van der Waals surface area contributed by atoms with E-state index in [9.17, 15) is 9.59 Å². The number of anilines is 1. The van der Waals surface area contributed by atoms with Gasteiger partial charge in [0.05, 0.1) is 31.5 Å². The Morgan fingerprint density at radius 1 is 0.914 bits per heavy atom. The van der Waals surface area contributed by atoms with E-state index in [1.165, 1.54) is 6.92 Å². The lowest BCUT2D eigenvalue weighted by atomic mass is 10.2. The molecule has 1 unspecified atom stereocenters. The predicted octanol–water partition coefficient (Wildman–Crippen LogP) is 6.27. The molecule has 0 spiro atoms. The Bertz CT molecular complexity index is 1080. The molecule has 0 aromatic heterocycles. The van der Waals surface area contributed by atoms with Crippen LogP contribution in [0.2, 0.25) is 10.0 Å². The molecule has 1 N–H and O–H groups in total. The molecule has 190 valence electrons. The minimum atomic E-state index is -1.47. The van der Waals surface area contributed by atoms with Gasteiger partial charge in [-0.25, -0.2) is 0 Å². The van der Waals surface area contributed by atoms with E-state index < -0.39 is 17.7 Å². The molecule has 0 aliphatic carbocycles. The summed E-state index contributed by atoms with van der Waals surface area (Å²) in [5, 5.41) is 11.0. The molecule has 0 aliphatic rings. The number of nitrogens with one attached hydrogen (secondary N) is 1. The molecule has 0 saturated carbocycles. The Morgan fingerprint density at radius 2 is 1.54 bits per heavy atom. The maximum atomic E-state index is 13.1. The van der Waals surface area contributed by atoms with Gasteiger partial charge in [-0.05, 0) is 46.8 Å². The number of ether oxygens (including phenoxy) is 4. The van der Waals surface area contributed by atoms with E-state index in [0.29, 0.717) is 43.7 Å². The van der Waals surface area contributed by atoms with Gasteiger partial charge in [0.1, 0.15) is 27.9 Å². The second kappa shape index (κ2) is 13.7. The number of halogens is 2. The number of rotatable bonds is 13. The number of carbonyl (C=O) groups excluding carboxylic acids is 2. The second-order valence-corrected chi connectivity index (χ2v) is 7.74. The summed E-state index contributed by atoms with van der Waals surface area (Å²) < 4.78 is 22.3. The molecule has 1 atom stereocenters. The van der Waals surface area contributed by atoms with Crippen molar-refractivity contribution in [3.63, 3.8) is 0 Å². The summed E-state index contributed by atoms with van der Waals surface area (Å²) in [5.74, 6) is 0.169. The Labute approximate surface area is 214 Å². The zero-order chi connectivity index (χ0) is 26.0. The molecule has 11 heteroatoms. The van der Waals surface area contributed by atoms with Crippen LogP contribution in [0.15, 0.2) is 34.5 Å². The van der Waals surface area contributed by atoms with E-state index in [-0.39, 0.29) is 27.2 Å². The summed E-state index contributed by atoms with van der Waals surface area (Å²) in [6.07, 6.45) is 0. The first-order chi connectivity index (χ1) is 16.8. The largest absolute Gasteiger partial charge is 0.494 e. The molecule has 35 heavy (non-hydrogen) atoms. The lowest BCUT2D eigenvalue weighted by Gasteiger charge is -2.18. The van der Waals surface area contributed by atoms with Crippen LogP contribution in [-0.2, 0) is 9.59 Å². The summed E-state index contributed by atoms with van der Waals surface area (Å²) in [6, 6.07) is 4.90. The third-order valence-electron chi connectivity index (χ3n) is 4.43. The van der Waals surface area contributed by atoms with Crippen LogP contribution in [0, 0.1) is 0 Å². The number of azo groups is 1. The van der Waals surface area contributed by atoms with Gasteiger partial charge in [0.15, 0.2) is 17.3 Å². The highest BCUT2D eigenvalue weighted by Gasteiger charge is 2.27. The van der Waals surface area contributed by atoms with E-state index in [4.69, 9.17) is 42.1 Å². The summed E-state index contributed by atoms with van der Waals surface area (Å²) in [4.78, 5) is 25.4. The van der Waals surface area contributed by atoms with Gasteiger partial charge in [-0.2, -0.15) is 10.2 Å². The summed E-state index contributed by atoms with van der Waals surface area (Å²) in [7, 11) is 0. The predicted molar refractivity (Wildman–Crippen MR) is 135 cm³/mol. The van der Waals surface area contributed by atoms with Crippen LogP contribution in [0.25, 0.3) is 0 Å². The Morgan fingerprint density at radius 3 is 2.14 bits per heavy atom. The molecule has 2 aromatic rings. The van der Waals surface area contributed by atoms with Gasteiger partial charge >= 0.3 is 0 Å². The lowest BCUT2D eigenvalue weighted by Crippen LogP contribution is -2.32. The number of amides is 1. The average molecular weight is 526 g/mol. The van der Waals surface area contributed by atoms with Gasteiger partial charge in [-0.1, -0.05) is 23.2 Å². The molecule has 2 aromatic carbocycles. The number of Topliss-reactive ketones (excluding diaryl/α,β-unsaturated/α-hetero) is 1. The SMILES string of the molecule is CCOc1cc(N=NC(C(C)=O)C(=O)Nc2c(Cl)ccc(OCC)c2OCC)c(Cl)c(OCC)c1. The quantitative estimate of drug-likeness (QED) is 0.244. The number of benzene rings is 2. The van der Waals surface area contributed by atoms with Crippen molar-refractivity contribution in [1.29, 1.82) is 0 Å². The van der Waals surface area contributed by atoms with Crippen LogP contribution in [-0.4, -0.2) is 44.2 Å². The number of nitrogens with zero attached hydrogens (tertiary/aromatic N) is 2. The van der Waals surface area contributed by atoms with Crippen LogP contribution >= 0.6 is 23.2 Å². The third-order valence-corrected chi connectivity index (χ3v) is 5.12. The van der Waals surface area contributed by atoms with E-state index in [2.05, 4.69) is 15.5 Å². The summed E-state index contributed by atoms with van der Waals surface area (Å²) >= 11 is 12.7. The Kier molecular flexibility index (Phi) is 11.1. The van der Waals surface area contributed by atoms with Gasteiger partial charge in [-0.15, -0.1) is 0 Å². The standard InChI is InChI=1S/C24H29Cl2N3O6/c1-6-32-15-12-17(20(26)19(13-15)34-8-3)28-29-21(14(5)30)24(31)27-22-16(25)10-11-18(33-7-2)23(22)35-9-4/h10-13,21H,6-9H2,1-5H3,(H,27,31). The normalized spacial score (nSPS) is 11.7. The average Bonchev–Trinajstić information content (AvgIpc) is 2.81. The monoisotopic (exact) mass is 525 g/mol. The lowest BCUT2D eigenvalue weighted by molar-refractivity contribution is -0.126. The molecule has 0 fully saturated rings. The molecule has 1 amide bonds. The second-order valence-electron chi connectivity index (χ2n) is 6.95. The zero-order valence-electron chi connectivity index (χ0n) is 20.3. The van der Waals surface area contributed by atoms with Gasteiger partial charge in [0.2, 0.25) is 6.04 Å². The van der Waals surface area contributed by atoms with Crippen molar-refractivity contribution in [2.75, 3.05) is 31.7 Å². The van der Waals surface area contributed by atoms with Gasteiger partial charge in [0.25, 0.3) is 5.91 Å². The summed E-state index contributed by atoms with van der Waals surface area (Å²) in [6.45, 7) is 9.93. The topological polar surface area (TPSA) is 108 Å². The van der Waals surface area contributed by atoms with E-state index in [1.807, 2.05) is 20.8 Å². The Balaban J connectivity index is 2.41. The minimum absolute atomic E-state index is 0.168. The molecule has 0 saturated heterocycles. The molecular formula is C24H29Cl2N3O6. The van der Waals surface area contributed by atoms with Gasteiger partial charge < -0.3 is 24.3 Å². The van der Waals surface area contributed by atoms with Gasteiger partial charge in [-0.3, -0.25) is 9.59 Å². The first-order valence-corrected chi connectivity index (χ1v) is 11.9. The van der Waals surface area contributed by atoms with Crippen molar-refractivity contribution in [2.45, 2.75) is 40.7 Å². The molecular weight excluding hydrogens is 497 g/mol. The van der Waals surface area contributed by atoms with Crippen molar-refractivity contribution in [1.82, 2.24) is 0 Å². The molecule has 0 bridgehead atoms. The zero-order valence-corrected chi connectivity index (χ0v) is 21.8. The fourth-order valence-corrected chi connectivity index (χ4v) is 3.38. The number of hydrogen-bond acceptors (Lipinski definition) is 8. The smallest absolute Gasteiger partial charge is 0.258 e. The van der Waals surface area contributed by atoms with Crippen LogP contribution in [0.1, 0.15) is 34.6 Å². The fourth-order valence-electron chi connectivity index (χ4n) is 2.98. The highest BCUT2D eigenvalue weighted by Crippen LogP contribution is 2.41. The maximum absolute atomic E-state index is 13.1. The third kappa shape index (κ3) is 7.47. The van der Waals surface area contributed by atoms with Crippen LogP contribution in [0.3, 0.4) is 0 Å². The Hall–Kier alpha value is -3.04. The van der Waals surface area contributed by atoms with E-state index in [1.54, 1.807) is 31.2 Å². The number of carbonyl (C=O) groups is 2. The minimum Gasteiger partial charge on any atom is -0.494 e. The van der Waals surface area contributed by atoms with Crippen molar-refractivity contribution in [3.05, 3.63) is 34.3 Å². The molecule has 9 nitrogen and oxygen atoms in total. The molecule has 0 aliphatic heterocycles. The van der Waals surface area contributed by atoms with E-state index in [0.717, 1.165) is 0 Å². The van der Waals surface area contributed by atoms with Crippen molar-refractivity contribution < 1.29 is 28.5 Å². The molecule has 0 radical (unpaired) electrons. The molecule has 0 heterocycles. The van der Waals surface area contributed by atoms with Crippen molar-refractivity contribution in [2.24, 2.45) is 10.2 Å². The van der Waals surface area contributed by atoms with Crippen LogP contribution < -0.4 is 24.3 Å². The highest BCUT2D eigenvalue weighted by molar-refractivity contribution is 6.35. The first kappa shape index (κ1) is 28.2. The summed E-state index contributed by atoms with van der Waals surface area (Å²) in [5.41, 5.74) is 0.354. The number of hydrogen-bond donors (Lipinski definition) is 1. The van der Waals surface area contributed by atoms with Gasteiger partial charge in [0, 0.05) is 12.1 Å². The fraction of sp³-hybridized carbons (Fsp3) is 0.417. The highest BCUT2D eigenvalue weighted by atomic mass is 35.5. The van der Waals surface area contributed by atoms with Crippen LogP contribution in [0.4, 0.5) is 11.4 Å². The van der Waals surface area contributed by atoms with Crippen molar-refractivity contribution in [3.8, 4) is 23.0 Å². The number of ketones is 1. The first-order valence-electron chi connectivity index (χ1n) is 11.2. The van der Waals surface area contributed by atoms with Crippen molar-refractivity contribution >= 4 is 46.3 Å². The van der Waals surface area contributed by atoms with Crippen LogP contribution in [0.5, 0.6) is 23.0 Å². The maximum Gasteiger partial charge on any atom is 0.258 e. The molecule has 2 rings (SSSR count). The van der Waals surface area contributed by atoms with E-state index >= 15 is 0 Å².